The van der Waals surface area contributed by atoms with Crippen molar-refractivity contribution in [1.82, 2.24) is 0 Å². The van der Waals surface area contributed by atoms with Gasteiger partial charge in [-0.2, -0.15) is 5.26 Å². The molecule has 3 atom stereocenters. The zero-order valence-electron chi connectivity index (χ0n) is 16.7. The largest absolute Gasteiger partial charge is 1.00 e. The number of benzene rings is 2. The van der Waals surface area contributed by atoms with E-state index in [1.54, 1.807) is 0 Å². The number of ether oxygens (including phenoxy) is 1. The van der Waals surface area contributed by atoms with Crippen LogP contribution in [0.1, 0.15) is 30.4 Å². The molecule has 0 N–H and O–H groups in total. The van der Waals surface area contributed by atoms with E-state index < -0.39 is 5.41 Å². The lowest BCUT2D eigenvalue weighted by molar-refractivity contribution is -0.953. The molecule has 0 spiro atoms. The van der Waals surface area contributed by atoms with Gasteiger partial charge in [-0.3, -0.25) is 0 Å². The van der Waals surface area contributed by atoms with E-state index in [9.17, 15) is 5.26 Å². The summed E-state index contributed by atoms with van der Waals surface area (Å²) < 4.78 is 6.93. The number of fused-ring (bicyclic) bond motifs is 2. The number of quaternary nitrogens is 1. The number of morpholine rings is 1. The van der Waals surface area contributed by atoms with Crippen molar-refractivity contribution in [2.24, 2.45) is 5.92 Å². The summed E-state index contributed by atoms with van der Waals surface area (Å²) in [6.45, 7) is 1.69. The summed E-state index contributed by atoms with van der Waals surface area (Å²) in [5, 5.41) is 10.4. The molecule has 2 aromatic carbocycles. The van der Waals surface area contributed by atoms with E-state index in [4.69, 9.17) is 4.74 Å². The number of hydrogen-bond donors (Lipinski definition) is 0. The SMILES string of the molecule is C[N+]1(C)[C@@H]2COC[C@H]1C[C@@H](CC(C#N)(c1ccccc1)c1ccccc1)C2.[I-]. The van der Waals surface area contributed by atoms with Crippen molar-refractivity contribution in [3.8, 4) is 6.07 Å². The third-order valence-electron chi connectivity index (χ3n) is 7.03. The Morgan fingerprint density at radius 1 is 0.929 bits per heavy atom. The molecule has 4 heteroatoms. The summed E-state index contributed by atoms with van der Waals surface area (Å²) in [4.78, 5) is 0. The maximum absolute atomic E-state index is 10.4. The van der Waals surface area contributed by atoms with Crippen molar-refractivity contribution < 1.29 is 33.2 Å². The molecule has 0 unspecified atom stereocenters. The molecule has 2 aliphatic heterocycles. The van der Waals surface area contributed by atoms with Gasteiger partial charge in [0.1, 0.15) is 17.5 Å². The molecule has 2 aromatic rings. The van der Waals surface area contributed by atoms with Gasteiger partial charge in [-0.25, -0.2) is 0 Å². The molecular formula is C24H29IN2O. The molecular weight excluding hydrogens is 459 g/mol. The highest BCUT2D eigenvalue weighted by atomic mass is 127. The third kappa shape index (κ3) is 3.72. The first kappa shape index (κ1) is 21.3. The Morgan fingerprint density at radius 3 is 1.82 bits per heavy atom. The van der Waals surface area contributed by atoms with Crippen LogP contribution in [-0.4, -0.2) is 43.9 Å². The Morgan fingerprint density at radius 2 is 1.39 bits per heavy atom. The summed E-state index contributed by atoms with van der Waals surface area (Å²) in [6, 6.07) is 24.5. The van der Waals surface area contributed by atoms with Crippen LogP contribution in [0.4, 0.5) is 0 Å². The standard InChI is InChI=1S/C24H29N2O.HI/c1-26(2)22-13-19(14-23(26)17-27-16-22)15-24(18-25,20-9-5-3-6-10-20)21-11-7-4-8-12-21;/h3-12,19,22-23H,13-17H2,1-2H3;1H/q+1;/p-1/t19-,22-,23+;. The molecule has 2 bridgehead atoms. The van der Waals surface area contributed by atoms with E-state index in [2.05, 4.69) is 44.4 Å². The van der Waals surface area contributed by atoms with Crippen LogP contribution in [0.25, 0.3) is 0 Å². The maximum Gasteiger partial charge on any atom is 0.113 e. The van der Waals surface area contributed by atoms with Crippen LogP contribution in [0.2, 0.25) is 0 Å². The van der Waals surface area contributed by atoms with Crippen LogP contribution in [-0.2, 0) is 10.2 Å². The average Bonchev–Trinajstić information content (AvgIpc) is 2.68. The number of nitriles is 1. The second-order valence-electron chi connectivity index (χ2n) is 8.76. The smallest absolute Gasteiger partial charge is 0.113 e. The van der Waals surface area contributed by atoms with E-state index in [1.165, 1.54) is 0 Å². The predicted molar refractivity (Wildman–Crippen MR) is 107 cm³/mol. The Bertz CT molecular complexity index is 760. The average molecular weight is 488 g/mol. The molecule has 0 aromatic heterocycles. The summed E-state index contributed by atoms with van der Waals surface area (Å²) >= 11 is 0. The Kier molecular flexibility index (Phi) is 6.48. The quantitative estimate of drug-likeness (QED) is 0.478. The van der Waals surface area contributed by atoms with Gasteiger partial charge in [0.25, 0.3) is 0 Å². The van der Waals surface area contributed by atoms with Gasteiger partial charge in [0, 0.05) is 12.8 Å². The lowest BCUT2D eigenvalue weighted by atomic mass is 9.67. The first-order chi connectivity index (χ1) is 13.1. The number of halogens is 1. The fourth-order valence-electron chi connectivity index (χ4n) is 5.19. The Hall–Kier alpha value is -1.42. The molecule has 4 rings (SSSR count). The summed E-state index contributed by atoms with van der Waals surface area (Å²) in [6.07, 6.45) is 3.14. The van der Waals surface area contributed by atoms with Crippen LogP contribution in [0.5, 0.6) is 0 Å². The molecule has 2 aliphatic rings. The van der Waals surface area contributed by atoms with Crippen molar-refractivity contribution in [1.29, 1.82) is 5.26 Å². The number of piperidine rings is 1. The second-order valence-corrected chi connectivity index (χ2v) is 8.76. The van der Waals surface area contributed by atoms with Crippen LogP contribution in [0.3, 0.4) is 0 Å². The first-order valence-electron chi connectivity index (χ1n) is 9.99. The number of likely N-dealkylation sites (N-methyl/N-ethyl adjacent to an activating group) is 1. The topological polar surface area (TPSA) is 33.0 Å². The number of nitrogens with zero attached hydrogens (tertiary/aromatic N) is 2. The minimum Gasteiger partial charge on any atom is -1.00 e. The van der Waals surface area contributed by atoms with Crippen LogP contribution < -0.4 is 24.0 Å². The lowest BCUT2D eigenvalue weighted by Crippen LogP contribution is -3.00. The monoisotopic (exact) mass is 488 g/mol. The number of rotatable bonds is 4. The van der Waals surface area contributed by atoms with E-state index in [0.717, 1.165) is 48.1 Å². The minimum atomic E-state index is -0.586. The normalized spacial score (nSPS) is 26.0. The molecule has 0 radical (unpaired) electrons. The highest BCUT2D eigenvalue weighted by Gasteiger charge is 2.49. The molecule has 2 heterocycles. The molecule has 3 nitrogen and oxygen atoms in total. The van der Waals surface area contributed by atoms with Crippen LogP contribution >= 0.6 is 0 Å². The van der Waals surface area contributed by atoms with Gasteiger partial charge in [0.2, 0.25) is 0 Å². The van der Waals surface area contributed by atoms with Gasteiger partial charge in [-0.1, -0.05) is 60.7 Å². The van der Waals surface area contributed by atoms with E-state index in [-0.39, 0.29) is 24.0 Å². The fourth-order valence-corrected chi connectivity index (χ4v) is 5.19. The zero-order valence-corrected chi connectivity index (χ0v) is 18.9. The lowest BCUT2D eigenvalue weighted by Gasteiger charge is -2.53. The molecule has 0 aliphatic carbocycles. The first-order valence-corrected chi connectivity index (χ1v) is 9.99. The third-order valence-corrected chi connectivity index (χ3v) is 7.03. The highest BCUT2D eigenvalue weighted by Crippen LogP contribution is 2.44. The number of hydrogen-bond acceptors (Lipinski definition) is 2. The van der Waals surface area contributed by atoms with E-state index in [0.29, 0.717) is 18.0 Å². The zero-order chi connectivity index (χ0) is 18.9. The summed E-state index contributed by atoms with van der Waals surface area (Å²) in [7, 11) is 4.69. The van der Waals surface area contributed by atoms with Crippen molar-refractivity contribution in [3.05, 3.63) is 71.8 Å². The van der Waals surface area contributed by atoms with Crippen molar-refractivity contribution in [3.63, 3.8) is 0 Å². The van der Waals surface area contributed by atoms with E-state index in [1.807, 2.05) is 36.4 Å². The van der Waals surface area contributed by atoms with Gasteiger partial charge in [-0.05, 0) is 23.5 Å². The highest BCUT2D eigenvalue weighted by molar-refractivity contribution is 5.45. The van der Waals surface area contributed by atoms with Gasteiger partial charge in [0.05, 0.1) is 33.4 Å². The molecule has 2 saturated heterocycles. The van der Waals surface area contributed by atoms with Crippen LogP contribution in [0, 0.1) is 17.2 Å². The molecule has 0 saturated carbocycles. The summed E-state index contributed by atoms with van der Waals surface area (Å²) in [5.74, 6) is 0.537. The van der Waals surface area contributed by atoms with Crippen molar-refractivity contribution in [2.45, 2.75) is 36.8 Å². The molecule has 2 fully saturated rings. The molecule has 0 amide bonds. The van der Waals surface area contributed by atoms with Gasteiger partial charge >= 0.3 is 0 Å². The minimum absolute atomic E-state index is 0. The molecule has 28 heavy (non-hydrogen) atoms. The van der Waals surface area contributed by atoms with Crippen molar-refractivity contribution in [2.75, 3.05) is 27.3 Å². The Balaban J connectivity index is 0.00000225. The van der Waals surface area contributed by atoms with Gasteiger partial charge in [0.15, 0.2) is 0 Å². The Labute approximate surface area is 185 Å². The summed E-state index contributed by atoms with van der Waals surface area (Å²) in [5.41, 5.74) is 1.63. The van der Waals surface area contributed by atoms with Gasteiger partial charge < -0.3 is 33.2 Å². The van der Waals surface area contributed by atoms with E-state index >= 15 is 0 Å². The predicted octanol–water partition coefficient (Wildman–Crippen LogP) is 1.14. The van der Waals surface area contributed by atoms with Crippen LogP contribution in [0.15, 0.2) is 60.7 Å². The van der Waals surface area contributed by atoms with Gasteiger partial charge in [-0.15, -0.1) is 0 Å². The van der Waals surface area contributed by atoms with Crippen molar-refractivity contribution >= 4 is 0 Å². The fraction of sp³-hybridized carbons (Fsp3) is 0.458. The molecule has 148 valence electrons. The maximum atomic E-state index is 10.4. The second kappa shape index (κ2) is 8.52.